The number of aromatic nitrogens is 3. The normalized spacial score (nSPS) is 11.3. The second-order valence-corrected chi connectivity index (χ2v) is 6.69. The first-order chi connectivity index (χ1) is 9.65. The number of ketones is 1. The number of para-hydroxylation sites is 1. The van der Waals surface area contributed by atoms with E-state index in [1.54, 1.807) is 11.3 Å². The van der Waals surface area contributed by atoms with Crippen molar-refractivity contribution >= 4 is 38.9 Å². The molecule has 3 aromatic rings. The van der Waals surface area contributed by atoms with Gasteiger partial charge in [-0.2, -0.15) is 0 Å². The molecule has 0 aliphatic heterocycles. The van der Waals surface area contributed by atoms with Gasteiger partial charge in [-0.25, -0.2) is 4.98 Å². The van der Waals surface area contributed by atoms with E-state index in [1.807, 2.05) is 38.1 Å². The fraction of sp³-hybridized carbons (Fsp3) is 0.286. The summed E-state index contributed by atoms with van der Waals surface area (Å²) in [5, 5.41) is 4.90. The lowest BCUT2D eigenvalue weighted by molar-refractivity contribution is 0.0995. The van der Waals surface area contributed by atoms with E-state index in [9.17, 15) is 4.79 Å². The summed E-state index contributed by atoms with van der Waals surface area (Å²) < 4.78 is 5.02. The van der Waals surface area contributed by atoms with E-state index in [0.717, 1.165) is 20.9 Å². The molecule has 0 aliphatic carbocycles. The largest absolute Gasteiger partial charge is 0.293 e. The van der Waals surface area contributed by atoms with E-state index in [4.69, 9.17) is 0 Å². The number of fused-ring (bicyclic) bond motifs is 1. The Labute approximate surface area is 124 Å². The summed E-state index contributed by atoms with van der Waals surface area (Å²) in [6.07, 6.45) is 0.322. The first-order valence-electron chi connectivity index (χ1n) is 6.35. The average Bonchev–Trinajstić information content (AvgIpc) is 3.04. The smallest absolute Gasteiger partial charge is 0.183 e. The van der Waals surface area contributed by atoms with Gasteiger partial charge in [-0.05, 0) is 29.6 Å². The number of hydrogen-bond donors (Lipinski definition) is 0. The van der Waals surface area contributed by atoms with Gasteiger partial charge in [-0.15, -0.1) is 16.4 Å². The molecule has 0 radical (unpaired) electrons. The number of rotatable bonds is 4. The number of carbonyl (C=O) groups is 1. The van der Waals surface area contributed by atoms with Crippen LogP contribution in [0, 0.1) is 0 Å². The zero-order valence-corrected chi connectivity index (χ0v) is 12.8. The Morgan fingerprint density at radius 1 is 1.30 bits per heavy atom. The fourth-order valence-corrected chi connectivity index (χ4v) is 3.70. The van der Waals surface area contributed by atoms with Gasteiger partial charge in [-0.1, -0.05) is 30.5 Å². The van der Waals surface area contributed by atoms with E-state index in [-0.39, 0.29) is 11.7 Å². The Morgan fingerprint density at radius 2 is 2.10 bits per heavy atom. The summed E-state index contributed by atoms with van der Waals surface area (Å²) in [5.74, 6) is 0.269. The van der Waals surface area contributed by atoms with Gasteiger partial charge in [0.2, 0.25) is 0 Å². The highest BCUT2D eigenvalue weighted by Crippen LogP contribution is 2.25. The molecule has 20 heavy (non-hydrogen) atoms. The van der Waals surface area contributed by atoms with Crippen molar-refractivity contribution in [2.45, 2.75) is 26.2 Å². The highest BCUT2D eigenvalue weighted by molar-refractivity contribution is 7.18. The van der Waals surface area contributed by atoms with Crippen LogP contribution in [0.25, 0.3) is 10.2 Å². The van der Waals surface area contributed by atoms with Crippen molar-refractivity contribution in [1.82, 2.24) is 14.6 Å². The maximum atomic E-state index is 12.4. The van der Waals surface area contributed by atoms with Crippen LogP contribution < -0.4 is 0 Å². The Morgan fingerprint density at radius 3 is 2.85 bits per heavy atom. The van der Waals surface area contributed by atoms with Gasteiger partial charge in [0.1, 0.15) is 9.88 Å². The Kier molecular flexibility index (Phi) is 3.58. The summed E-state index contributed by atoms with van der Waals surface area (Å²) in [5.41, 5.74) is 1.74. The zero-order chi connectivity index (χ0) is 14.1. The first-order valence-corrected chi connectivity index (χ1v) is 7.94. The van der Waals surface area contributed by atoms with E-state index in [2.05, 4.69) is 14.6 Å². The maximum absolute atomic E-state index is 12.4. The lowest BCUT2D eigenvalue weighted by atomic mass is 10.1. The van der Waals surface area contributed by atoms with Gasteiger partial charge in [0.15, 0.2) is 5.78 Å². The van der Waals surface area contributed by atoms with E-state index >= 15 is 0 Å². The minimum Gasteiger partial charge on any atom is -0.293 e. The second-order valence-electron chi connectivity index (χ2n) is 4.82. The molecule has 6 heteroatoms. The summed E-state index contributed by atoms with van der Waals surface area (Å²) in [6, 6.07) is 7.93. The van der Waals surface area contributed by atoms with Crippen molar-refractivity contribution < 1.29 is 4.79 Å². The molecule has 102 valence electrons. The van der Waals surface area contributed by atoms with E-state index in [1.165, 1.54) is 11.5 Å². The van der Waals surface area contributed by atoms with Crippen molar-refractivity contribution in [2.24, 2.45) is 0 Å². The Balaban J connectivity index is 1.86. The molecule has 0 N–H and O–H groups in total. The van der Waals surface area contributed by atoms with Gasteiger partial charge in [-0.3, -0.25) is 4.79 Å². The predicted molar refractivity (Wildman–Crippen MR) is 81.7 cm³/mol. The topological polar surface area (TPSA) is 55.7 Å². The van der Waals surface area contributed by atoms with Crippen LogP contribution in [0.2, 0.25) is 0 Å². The van der Waals surface area contributed by atoms with Gasteiger partial charge < -0.3 is 0 Å². The lowest BCUT2D eigenvalue weighted by Gasteiger charge is -2.01. The number of nitrogens with zero attached hydrogens (tertiary/aromatic N) is 3. The summed E-state index contributed by atoms with van der Waals surface area (Å²) in [4.78, 5) is 17.5. The standard InChI is InChI=1S/C14H13N3OS2/c1-8(2)13-14(20-17-16-13)10(18)7-12-15-9-5-3-4-6-11(9)19-12/h3-6,8H,7H2,1-2H3. The third-order valence-electron chi connectivity index (χ3n) is 2.96. The van der Waals surface area contributed by atoms with Crippen LogP contribution in [-0.2, 0) is 6.42 Å². The number of Topliss-reactive ketones (excluding diaryl/α,β-unsaturated/α-hetero) is 1. The second kappa shape index (κ2) is 5.38. The third-order valence-corrected chi connectivity index (χ3v) is 4.78. The average molecular weight is 303 g/mol. The van der Waals surface area contributed by atoms with Gasteiger partial charge in [0.05, 0.1) is 22.3 Å². The van der Waals surface area contributed by atoms with Crippen LogP contribution in [0.15, 0.2) is 24.3 Å². The molecule has 1 aromatic carbocycles. The minimum atomic E-state index is 0.0581. The first kappa shape index (κ1) is 13.3. The van der Waals surface area contributed by atoms with Crippen molar-refractivity contribution in [3.63, 3.8) is 0 Å². The summed E-state index contributed by atoms with van der Waals surface area (Å²) in [6.45, 7) is 4.04. The van der Waals surface area contributed by atoms with Crippen LogP contribution in [0.4, 0.5) is 0 Å². The molecular weight excluding hydrogens is 290 g/mol. The molecule has 0 saturated heterocycles. The van der Waals surface area contributed by atoms with Crippen LogP contribution in [-0.4, -0.2) is 20.4 Å². The Bertz CT molecular complexity index is 727. The maximum Gasteiger partial charge on any atom is 0.183 e. The summed E-state index contributed by atoms with van der Waals surface area (Å²) in [7, 11) is 0. The zero-order valence-electron chi connectivity index (χ0n) is 11.2. The molecule has 0 saturated carbocycles. The molecule has 4 nitrogen and oxygen atoms in total. The molecule has 0 fully saturated rings. The molecule has 0 atom stereocenters. The van der Waals surface area contributed by atoms with Crippen LogP contribution >= 0.6 is 22.9 Å². The number of thiazole rings is 1. The fourth-order valence-electron chi connectivity index (χ4n) is 1.98. The SMILES string of the molecule is CC(C)c1nnsc1C(=O)Cc1nc2ccccc2s1. The molecule has 0 unspecified atom stereocenters. The summed E-state index contributed by atoms with van der Waals surface area (Å²) >= 11 is 2.75. The molecule has 0 amide bonds. The molecule has 0 aliphatic rings. The molecule has 0 bridgehead atoms. The van der Waals surface area contributed by atoms with Gasteiger partial charge >= 0.3 is 0 Å². The van der Waals surface area contributed by atoms with E-state index < -0.39 is 0 Å². The Hall–Kier alpha value is -1.66. The van der Waals surface area contributed by atoms with Crippen LogP contribution in [0.5, 0.6) is 0 Å². The number of carbonyl (C=O) groups excluding carboxylic acids is 1. The number of hydrogen-bond acceptors (Lipinski definition) is 6. The highest BCUT2D eigenvalue weighted by atomic mass is 32.1. The van der Waals surface area contributed by atoms with Crippen LogP contribution in [0.1, 0.15) is 40.1 Å². The van der Waals surface area contributed by atoms with Crippen LogP contribution in [0.3, 0.4) is 0 Å². The van der Waals surface area contributed by atoms with Crippen molar-refractivity contribution in [3.8, 4) is 0 Å². The number of benzene rings is 1. The predicted octanol–water partition coefficient (Wildman–Crippen LogP) is 3.70. The third kappa shape index (κ3) is 2.48. The molecule has 3 rings (SSSR count). The lowest BCUT2D eigenvalue weighted by Crippen LogP contribution is -2.05. The quantitative estimate of drug-likeness (QED) is 0.690. The highest BCUT2D eigenvalue weighted by Gasteiger charge is 2.20. The van der Waals surface area contributed by atoms with Crippen molar-refractivity contribution in [2.75, 3.05) is 0 Å². The van der Waals surface area contributed by atoms with Gasteiger partial charge in [0, 0.05) is 0 Å². The molecule has 2 aromatic heterocycles. The molecule has 2 heterocycles. The minimum absolute atomic E-state index is 0.0581. The van der Waals surface area contributed by atoms with Gasteiger partial charge in [0.25, 0.3) is 0 Å². The molecule has 0 spiro atoms. The monoisotopic (exact) mass is 303 g/mol. The van der Waals surface area contributed by atoms with Crippen molar-refractivity contribution in [3.05, 3.63) is 39.8 Å². The van der Waals surface area contributed by atoms with E-state index in [0.29, 0.717) is 11.3 Å². The molecular formula is C14H13N3OS2. The van der Waals surface area contributed by atoms with Crippen molar-refractivity contribution in [1.29, 1.82) is 0 Å².